The van der Waals surface area contributed by atoms with Crippen LogP contribution in [0.5, 0.6) is 0 Å². The number of carbonyl (C=O) groups is 3. The second kappa shape index (κ2) is 10.4. The van der Waals surface area contributed by atoms with Gasteiger partial charge in [0.25, 0.3) is 0 Å². The fourth-order valence-electron chi connectivity index (χ4n) is 5.43. The second-order valence-electron chi connectivity index (χ2n) is 10.7. The molecular weight excluding hydrogens is 552 g/mol. The van der Waals surface area contributed by atoms with Crippen molar-refractivity contribution in [2.24, 2.45) is 11.7 Å². The van der Waals surface area contributed by atoms with Crippen LogP contribution >= 0.6 is 0 Å². The number of fused-ring (bicyclic) bond motifs is 1. The van der Waals surface area contributed by atoms with Crippen LogP contribution in [0.4, 0.5) is 31.1 Å². The smallest absolute Gasteiger partial charge is 0.416 e. The fourth-order valence-corrected chi connectivity index (χ4v) is 5.43. The van der Waals surface area contributed by atoms with E-state index in [2.05, 4.69) is 5.32 Å². The average Bonchev–Trinajstić information content (AvgIpc) is 3.46. The number of carbonyl (C=O) groups excluding carboxylic acids is 3. The Morgan fingerprint density at radius 3 is 2.23 bits per heavy atom. The molecule has 9 nitrogen and oxygen atoms in total. The first-order chi connectivity index (χ1) is 18.5. The molecule has 3 aliphatic rings. The lowest BCUT2D eigenvalue weighted by Gasteiger charge is -2.44. The van der Waals surface area contributed by atoms with Crippen LogP contribution in [0.15, 0.2) is 18.2 Å². The minimum absolute atomic E-state index is 0.0365. The Labute approximate surface area is 225 Å². The molecule has 1 aromatic carbocycles. The van der Waals surface area contributed by atoms with Gasteiger partial charge in [-0.05, 0) is 62.8 Å². The Hall–Kier alpha value is -3.07. The predicted octanol–water partition coefficient (Wildman–Crippen LogP) is 3.90. The number of amides is 2. The number of nitrogens with two attached hydrogens (primary N) is 1. The lowest BCUT2D eigenvalue weighted by atomic mass is 9.84. The van der Waals surface area contributed by atoms with Crippen molar-refractivity contribution in [2.75, 3.05) is 19.9 Å². The molecule has 2 heterocycles. The van der Waals surface area contributed by atoms with Gasteiger partial charge in [0.15, 0.2) is 0 Å². The topological polar surface area (TPSA) is 120 Å². The molecule has 5 atom stereocenters. The van der Waals surface area contributed by atoms with Gasteiger partial charge in [-0.1, -0.05) is 0 Å². The molecule has 1 spiro atoms. The highest BCUT2D eigenvalue weighted by atomic mass is 19.4. The van der Waals surface area contributed by atoms with Crippen molar-refractivity contribution in [3.05, 3.63) is 34.9 Å². The summed E-state index contributed by atoms with van der Waals surface area (Å²) >= 11 is 0. The van der Waals surface area contributed by atoms with Crippen LogP contribution in [0.3, 0.4) is 0 Å². The molecule has 1 aliphatic carbocycles. The summed E-state index contributed by atoms with van der Waals surface area (Å²) < 4.78 is 95.6. The van der Waals surface area contributed by atoms with Crippen molar-refractivity contribution in [1.29, 1.82) is 0 Å². The largest absolute Gasteiger partial charge is 0.427 e. The molecule has 222 valence electrons. The third kappa shape index (κ3) is 6.14. The number of halogens is 6. The molecule has 15 heteroatoms. The van der Waals surface area contributed by atoms with E-state index in [1.165, 1.54) is 18.7 Å². The number of hydrogen-bond donors (Lipinski definition) is 2. The molecule has 0 aromatic heterocycles. The van der Waals surface area contributed by atoms with Crippen LogP contribution in [0, 0.1) is 5.92 Å². The molecule has 2 saturated heterocycles. The molecule has 2 amide bonds. The van der Waals surface area contributed by atoms with E-state index in [4.69, 9.17) is 19.9 Å². The average molecular weight is 582 g/mol. The van der Waals surface area contributed by atoms with Crippen molar-refractivity contribution in [2.45, 2.75) is 75.1 Å². The Balaban J connectivity index is 1.52. The van der Waals surface area contributed by atoms with E-state index in [0.29, 0.717) is 31.4 Å². The maximum absolute atomic E-state index is 13.3. The van der Waals surface area contributed by atoms with Gasteiger partial charge < -0.3 is 25.3 Å². The number of alkyl halides is 6. The van der Waals surface area contributed by atoms with Crippen molar-refractivity contribution in [1.82, 2.24) is 10.2 Å². The third-order valence-electron chi connectivity index (χ3n) is 7.71. The highest BCUT2D eigenvalue weighted by Crippen LogP contribution is 2.58. The summed E-state index contributed by atoms with van der Waals surface area (Å²) in [6.45, 7) is 1.80. The number of nitrogens with one attached hydrogen (secondary N) is 1. The molecular formula is C25H29F6N3O6. The Morgan fingerprint density at radius 2 is 1.70 bits per heavy atom. The summed E-state index contributed by atoms with van der Waals surface area (Å²) in [5.41, 5.74) is 0.482. The number of likely N-dealkylation sites (tertiary alicyclic amines) is 1. The van der Waals surface area contributed by atoms with Crippen LogP contribution in [-0.2, 0) is 36.2 Å². The highest BCUT2D eigenvalue weighted by Gasteiger charge is 2.67. The summed E-state index contributed by atoms with van der Waals surface area (Å²) in [5, 5.41) is 2.90. The quantitative estimate of drug-likeness (QED) is 0.285. The number of esters is 1. The maximum atomic E-state index is 13.3. The third-order valence-corrected chi connectivity index (χ3v) is 7.71. The zero-order valence-corrected chi connectivity index (χ0v) is 21.7. The zero-order valence-electron chi connectivity index (χ0n) is 21.7. The number of rotatable bonds is 7. The van der Waals surface area contributed by atoms with Crippen LogP contribution in [0.25, 0.3) is 0 Å². The molecule has 3 N–H and O–H groups in total. The maximum Gasteiger partial charge on any atom is 0.416 e. The van der Waals surface area contributed by atoms with Gasteiger partial charge >= 0.3 is 24.4 Å². The summed E-state index contributed by atoms with van der Waals surface area (Å²) in [7, 11) is 0. The predicted molar refractivity (Wildman–Crippen MR) is 124 cm³/mol. The van der Waals surface area contributed by atoms with E-state index in [1.807, 2.05) is 0 Å². The highest BCUT2D eigenvalue weighted by molar-refractivity contribution is 5.80. The van der Waals surface area contributed by atoms with Gasteiger partial charge in [0.2, 0.25) is 12.7 Å². The second-order valence-corrected chi connectivity index (χ2v) is 10.7. The van der Waals surface area contributed by atoms with Crippen LogP contribution in [0.2, 0.25) is 0 Å². The minimum Gasteiger partial charge on any atom is -0.427 e. The minimum atomic E-state index is -5.01. The van der Waals surface area contributed by atoms with Gasteiger partial charge in [-0.25, -0.2) is 4.79 Å². The van der Waals surface area contributed by atoms with Gasteiger partial charge in [-0.3, -0.25) is 14.5 Å². The first-order valence-electron chi connectivity index (χ1n) is 12.5. The summed E-state index contributed by atoms with van der Waals surface area (Å²) in [6.07, 6.45) is -10.5. The SMILES string of the molecule is CC(N)C(=O)OCOC(=O)N1C[C@@]2(CCC(=O)N2)CC2C[C@]21CO[C@H](C)c1cc(C(F)(F)F)cc(C(F)(F)F)c1. The number of ether oxygens (including phenoxy) is 3. The Morgan fingerprint density at radius 1 is 1.07 bits per heavy atom. The van der Waals surface area contributed by atoms with Crippen molar-refractivity contribution >= 4 is 18.0 Å². The molecule has 3 fully saturated rings. The van der Waals surface area contributed by atoms with Crippen molar-refractivity contribution in [3.8, 4) is 0 Å². The number of hydrogen-bond acceptors (Lipinski definition) is 7. The number of nitrogens with zero attached hydrogens (tertiary/aromatic N) is 1. The summed E-state index contributed by atoms with van der Waals surface area (Å²) in [4.78, 5) is 38.0. The molecule has 2 aliphatic heterocycles. The van der Waals surface area contributed by atoms with E-state index in [0.717, 1.165) is 0 Å². The Kier molecular flexibility index (Phi) is 7.77. The van der Waals surface area contributed by atoms with Gasteiger partial charge in [0, 0.05) is 13.0 Å². The molecule has 2 unspecified atom stereocenters. The molecule has 4 rings (SSSR count). The molecule has 40 heavy (non-hydrogen) atoms. The monoisotopic (exact) mass is 581 g/mol. The van der Waals surface area contributed by atoms with E-state index in [-0.39, 0.29) is 43.0 Å². The summed E-state index contributed by atoms with van der Waals surface area (Å²) in [6, 6.07) is 0.293. The van der Waals surface area contributed by atoms with Crippen LogP contribution < -0.4 is 11.1 Å². The molecule has 0 radical (unpaired) electrons. The van der Waals surface area contributed by atoms with Crippen LogP contribution in [-0.4, -0.2) is 59.9 Å². The van der Waals surface area contributed by atoms with E-state index in [9.17, 15) is 40.7 Å². The lowest BCUT2D eigenvalue weighted by molar-refractivity contribution is -0.154. The van der Waals surface area contributed by atoms with E-state index < -0.39 is 65.6 Å². The lowest BCUT2D eigenvalue weighted by Crippen LogP contribution is -2.61. The molecule has 1 aromatic rings. The van der Waals surface area contributed by atoms with Crippen molar-refractivity contribution in [3.63, 3.8) is 0 Å². The standard InChI is InChI=1S/C25H29F6N3O6/c1-13(32)20(36)39-12-40-21(37)34-10-22(4-3-19(35)33-22)8-18-9-23(18,34)11-38-14(2)15-5-16(24(26,27)28)7-17(6-15)25(29,30)31/h5-7,13-14,18H,3-4,8-12,32H2,1-2H3,(H,33,35)/t13?,14-,18?,22-,23+/m1/s1. The normalized spacial score (nSPS) is 27.6. The fraction of sp³-hybridized carbons (Fsp3) is 0.640. The van der Waals surface area contributed by atoms with Gasteiger partial charge in [-0.15, -0.1) is 0 Å². The van der Waals surface area contributed by atoms with Gasteiger partial charge in [0.05, 0.1) is 34.9 Å². The van der Waals surface area contributed by atoms with Crippen LogP contribution in [0.1, 0.15) is 62.3 Å². The van der Waals surface area contributed by atoms with Gasteiger partial charge in [-0.2, -0.15) is 26.3 Å². The van der Waals surface area contributed by atoms with E-state index in [1.54, 1.807) is 0 Å². The molecule has 0 bridgehead atoms. The zero-order chi connectivity index (χ0) is 29.7. The number of benzene rings is 1. The van der Waals surface area contributed by atoms with Crippen molar-refractivity contribution < 1.29 is 54.9 Å². The Bertz CT molecular complexity index is 1140. The summed E-state index contributed by atoms with van der Waals surface area (Å²) in [5.74, 6) is -1.16. The molecule has 1 saturated carbocycles. The van der Waals surface area contributed by atoms with Gasteiger partial charge in [0.1, 0.15) is 6.04 Å². The first-order valence-corrected chi connectivity index (χ1v) is 12.5. The first kappa shape index (κ1) is 29.9. The number of piperidine rings is 1. The van der Waals surface area contributed by atoms with E-state index >= 15 is 0 Å².